The van der Waals surface area contributed by atoms with E-state index >= 15 is 0 Å². The monoisotopic (exact) mass is 302 g/mol. The maximum atomic E-state index is 11.7. The van der Waals surface area contributed by atoms with Crippen molar-refractivity contribution in [2.24, 2.45) is 0 Å². The Morgan fingerprint density at radius 3 is 2.00 bits per heavy atom. The number of ether oxygens (including phenoxy) is 1. The number of carbonyl (C=O) groups excluding carboxylic acids is 1. The smallest absolute Gasteiger partial charge is 0.414 e. The summed E-state index contributed by atoms with van der Waals surface area (Å²) >= 11 is 0. The summed E-state index contributed by atoms with van der Waals surface area (Å²) in [6.45, 7) is 8.39. The van der Waals surface area contributed by atoms with Crippen LogP contribution in [0.1, 0.15) is 33.6 Å². The Labute approximate surface area is 123 Å². The van der Waals surface area contributed by atoms with E-state index in [1.165, 1.54) is 12.8 Å². The average molecular weight is 302 g/mol. The van der Waals surface area contributed by atoms with Crippen molar-refractivity contribution in [2.45, 2.75) is 44.8 Å². The summed E-state index contributed by atoms with van der Waals surface area (Å²) in [6, 6.07) is 0. The van der Waals surface area contributed by atoms with Gasteiger partial charge in [0, 0.05) is 13.1 Å². The zero-order chi connectivity index (χ0) is 16.3. The Morgan fingerprint density at radius 2 is 1.67 bits per heavy atom. The van der Waals surface area contributed by atoms with Gasteiger partial charge in [0.05, 0.1) is 5.54 Å². The molecular formula is C13H22N2O6. The van der Waals surface area contributed by atoms with Gasteiger partial charge >= 0.3 is 18.0 Å². The van der Waals surface area contributed by atoms with Crippen LogP contribution in [0, 0.1) is 0 Å². The van der Waals surface area contributed by atoms with Gasteiger partial charge in [0.1, 0.15) is 5.60 Å². The van der Waals surface area contributed by atoms with Gasteiger partial charge in [-0.15, -0.1) is 0 Å². The van der Waals surface area contributed by atoms with Crippen molar-refractivity contribution >= 4 is 18.0 Å². The Balaban J connectivity index is 0.000000315. The van der Waals surface area contributed by atoms with E-state index in [4.69, 9.17) is 24.5 Å². The second-order valence-corrected chi connectivity index (χ2v) is 6.26. The van der Waals surface area contributed by atoms with Crippen molar-refractivity contribution in [3.05, 3.63) is 0 Å². The summed E-state index contributed by atoms with van der Waals surface area (Å²) in [4.78, 5) is 31.6. The number of carbonyl (C=O) groups is 3. The number of hydrogen-bond donors (Lipinski definition) is 3. The van der Waals surface area contributed by atoms with E-state index in [2.05, 4.69) is 5.32 Å². The zero-order valence-electron chi connectivity index (χ0n) is 12.5. The van der Waals surface area contributed by atoms with Crippen LogP contribution < -0.4 is 5.32 Å². The van der Waals surface area contributed by atoms with E-state index in [0.717, 1.165) is 19.6 Å². The highest BCUT2D eigenvalue weighted by Crippen LogP contribution is 2.30. The lowest BCUT2D eigenvalue weighted by Gasteiger charge is -2.48. The third-order valence-corrected chi connectivity index (χ3v) is 3.15. The van der Waals surface area contributed by atoms with Gasteiger partial charge in [-0.3, -0.25) is 0 Å². The minimum Gasteiger partial charge on any atom is -0.473 e. The first-order chi connectivity index (χ1) is 9.55. The molecule has 8 heteroatoms. The summed E-state index contributed by atoms with van der Waals surface area (Å²) in [5.41, 5.74) is -0.167. The highest BCUT2D eigenvalue weighted by atomic mass is 16.6. The van der Waals surface area contributed by atoms with E-state index in [1.807, 2.05) is 20.8 Å². The van der Waals surface area contributed by atoms with E-state index in [0.29, 0.717) is 0 Å². The molecule has 0 atom stereocenters. The van der Waals surface area contributed by atoms with Gasteiger partial charge in [-0.1, -0.05) is 0 Å². The Hall–Kier alpha value is -1.83. The van der Waals surface area contributed by atoms with Gasteiger partial charge in [-0.2, -0.15) is 0 Å². The Bertz CT molecular complexity index is 403. The summed E-state index contributed by atoms with van der Waals surface area (Å²) in [6.07, 6.45) is 2.23. The third-order valence-electron chi connectivity index (χ3n) is 3.15. The number of nitrogens with one attached hydrogen (secondary N) is 1. The maximum Gasteiger partial charge on any atom is 0.414 e. The van der Waals surface area contributed by atoms with Crippen LogP contribution in [0.2, 0.25) is 0 Å². The van der Waals surface area contributed by atoms with Crippen LogP contribution in [0.15, 0.2) is 0 Å². The Kier molecular flexibility index (Phi) is 5.16. The molecule has 0 aliphatic carbocycles. The number of rotatable bonds is 0. The molecule has 2 aliphatic heterocycles. The fourth-order valence-electron chi connectivity index (χ4n) is 2.28. The quantitative estimate of drug-likeness (QED) is 0.558. The number of carboxylic acid groups (broad SMARTS) is 2. The standard InChI is InChI=1S/C11H20N2O2.C2H2O4/c1-10(2,3)15-9(14)13-7-11(8-13)5-4-6-12-11;3-1(4)2(5)6/h12H,4-8H2,1-3H3;(H,3,4)(H,5,6). The maximum absolute atomic E-state index is 11.7. The third kappa shape index (κ3) is 5.22. The predicted octanol–water partition coefficient (Wildman–Crippen LogP) is 0.515. The number of hydrogen-bond acceptors (Lipinski definition) is 5. The first-order valence-electron chi connectivity index (χ1n) is 6.74. The van der Waals surface area contributed by atoms with Crippen molar-refractivity contribution in [1.29, 1.82) is 0 Å². The molecule has 0 bridgehead atoms. The van der Waals surface area contributed by atoms with E-state index in [1.54, 1.807) is 4.90 Å². The van der Waals surface area contributed by atoms with Gasteiger partial charge in [0.25, 0.3) is 0 Å². The van der Waals surface area contributed by atoms with Crippen molar-refractivity contribution in [2.75, 3.05) is 19.6 Å². The second-order valence-electron chi connectivity index (χ2n) is 6.26. The lowest BCUT2D eigenvalue weighted by Crippen LogP contribution is -2.68. The minimum atomic E-state index is -1.82. The first-order valence-corrected chi connectivity index (χ1v) is 6.74. The number of likely N-dealkylation sites (tertiary alicyclic amines) is 1. The van der Waals surface area contributed by atoms with E-state index in [-0.39, 0.29) is 17.2 Å². The molecule has 120 valence electrons. The molecule has 0 aromatic rings. The summed E-state index contributed by atoms with van der Waals surface area (Å²) < 4.78 is 5.30. The second kappa shape index (κ2) is 6.30. The molecule has 2 heterocycles. The molecule has 2 saturated heterocycles. The van der Waals surface area contributed by atoms with Crippen LogP contribution in [0.3, 0.4) is 0 Å². The van der Waals surface area contributed by atoms with Gasteiger partial charge in [-0.05, 0) is 40.2 Å². The number of amides is 1. The van der Waals surface area contributed by atoms with Crippen LogP contribution in [0.5, 0.6) is 0 Å². The van der Waals surface area contributed by atoms with Crippen molar-refractivity contribution < 1.29 is 29.3 Å². The largest absolute Gasteiger partial charge is 0.473 e. The van der Waals surface area contributed by atoms with Gasteiger partial charge < -0.3 is 25.2 Å². The zero-order valence-corrected chi connectivity index (χ0v) is 12.5. The van der Waals surface area contributed by atoms with Crippen molar-refractivity contribution in [3.63, 3.8) is 0 Å². The predicted molar refractivity (Wildman–Crippen MR) is 73.0 cm³/mol. The molecular weight excluding hydrogens is 280 g/mol. The van der Waals surface area contributed by atoms with Crippen LogP contribution in [-0.2, 0) is 14.3 Å². The molecule has 2 aliphatic rings. The van der Waals surface area contributed by atoms with Crippen LogP contribution in [-0.4, -0.2) is 63.9 Å². The highest BCUT2D eigenvalue weighted by molar-refractivity contribution is 6.27. The van der Waals surface area contributed by atoms with E-state index < -0.39 is 11.9 Å². The van der Waals surface area contributed by atoms with Crippen molar-refractivity contribution in [1.82, 2.24) is 10.2 Å². The van der Waals surface area contributed by atoms with E-state index in [9.17, 15) is 4.79 Å². The topological polar surface area (TPSA) is 116 Å². The van der Waals surface area contributed by atoms with Gasteiger partial charge in [0.15, 0.2) is 0 Å². The lowest BCUT2D eigenvalue weighted by molar-refractivity contribution is -0.159. The number of aliphatic carboxylic acids is 2. The molecule has 21 heavy (non-hydrogen) atoms. The van der Waals surface area contributed by atoms with Crippen LogP contribution in [0.25, 0.3) is 0 Å². The number of nitrogens with zero attached hydrogens (tertiary/aromatic N) is 1. The molecule has 0 radical (unpaired) electrons. The normalized spacial score (nSPS) is 19.3. The molecule has 0 unspecified atom stereocenters. The highest BCUT2D eigenvalue weighted by Gasteiger charge is 2.47. The molecule has 8 nitrogen and oxygen atoms in total. The SMILES string of the molecule is CC(C)(C)OC(=O)N1CC2(CCCN2)C1.O=C(O)C(=O)O. The fraction of sp³-hybridized carbons (Fsp3) is 0.769. The molecule has 0 saturated carbocycles. The van der Waals surface area contributed by atoms with Gasteiger partial charge in [0.2, 0.25) is 0 Å². The molecule has 2 fully saturated rings. The minimum absolute atomic E-state index is 0.179. The van der Waals surface area contributed by atoms with Crippen LogP contribution in [0.4, 0.5) is 4.79 Å². The van der Waals surface area contributed by atoms with Gasteiger partial charge in [-0.25, -0.2) is 14.4 Å². The average Bonchev–Trinajstić information content (AvgIpc) is 2.74. The number of carboxylic acids is 2. The molecule has 2 rings (SSSR count). The molecule has 3 N–H and O–H groups in total. The molecule has 1 spiro atoms. The lowest BCUT2D eigenvalue weighted by atomic mass is 9.89. The first kappa shape index (κ1) is 17.2. The Morgan fingerprint density at radius 1 is 1.14 bits per heavy atom. The fourth-order valence-corrected chi connectivity index (χ4v) is 2.28. The molecule has 0 aromatic heterocycles. The van der Waals surface area contributed by atoms with Crippen LogP contribution >= 0.6 is 0 Å². The summed E-state index contributed by atoms with van der Waals surface area (Å²) in [5.74, 6) is -3.65. The molecule has 1 amide bonds. The van der Waals surface area contributed by atoms with Crippen molar-refractivity contribution in [3.8, 4) is 0 Å². The molecule has 0 aromatic carbocycles. The summed E-state index contributed by atoms with van der Waals surface area (Å²) in [7, 11) is 0. The summed E-state index contributed by atoms with van der Waals surface area (Å²) in [5, 5.41) is 18.3.